The van der Waals surface area contributed by atoms with Crippen molar-refractivity contribution < 1.29 is 9.59 Å². The van der Waals surface area contributed by atoms with E-state index in [-0.39, 0.29) is 17.9 Å². The van der Waals surface area contributed by atoms with Crippen molar-refractivity contribution in [2.45, 2.75) is 53.0 Å². The van der Waals surface area contributed by atoms with Crippen molar-refractivity contribution in [3.8, 4) is 0 Å². The maximum Gasteiger partial charge on any atom is 0.253 e. The molecule has 1 N–H and O–H groups in total. The zero-order chi connectivity index (χ0) is 20.0. The lowest BCUT2D eigenvalue weighted by molar-refractivity contribution is -0.133. The highest BCUT2D eigenvalue weighted by Crippen LogP contribution is 2.32. The van der Waals surface area contributed by atoms with Crippen LogP contribution >= 0.6 is 0 Å². The predicted molar refractivity (Wildman–Crippen MR) is 111 cm³/mol. The van der Waals surface area contributed by atoms with Crippen molar-refractivity contribution in [2.24, 2.45) is 11.8 Å². The molecule has 1 aromatic carbocycles. The monoisotopic (exact) mass is 381 g/mol. The Labute approximate surface area is 167 Å². The van der Waals surface area contributed by atoms with Gasteiger partial charge in [-0.05, 0) is 62.3 Å². The standard InChI is InChI=1S/C23H31N3O2/c1-14(2)21-13-25(10-9-22(27)26(21)12-17-5-6-17)23(28)18-7-8-20-19(11-18)15(3)16(4)24-20/h7-8,11,14,17,21,24H,5-6,9-10,12-13H2,1-4H3. The molecule has 5 nitrogen and oxygen atoms in total. The van der Waals surface area contributed by atoms with E-state index in [1.54, 1.807) is 0 Å². The van der Waals surface area contributed by atoms with Crippen LogP contribution in [-0.2, 0) is 4.79 Å². The number of aromatic amines is 1. The van der Waals surface area contributed by atoms with Crippen molar-refractivity contribution in [3.05, 3.63) is 35.0 Å². The summed E-state index contributed by atoms with van der Waals surface area (Å²) >= 11 is 0. The van der Waals surface area contributed by atoms with Crippen LogP contribution in [0, 0.1) is 25.7 Å². The van der Waals surface area contributed by atoms with Gasteiger partial charge in [-0.3, -0.25) is 9.59 Å². The Morgan fingerprint density at radius 3 is 2.68 bits per heavy atom. The van der Waals surface area contributed by atoms with Gasteiger partial charge in [0.1, 0.15) is 0 Å². The number of hydrogen-bond acceptors (Lipinski definition) is 2. The second-order valence-electron chi connectivity index (χ2n) is 8.94. The number of H-pyrrole nitrogens is 1. The molecule has 5 heteroatoms. The van der Waals surface area contributed by atoms with Gasteiger partial charge in [-0.2, -0.15) is 0 Å². The van der Waals surface area contributed by atoms with E-state index in [0.29, 0.717) is 36.9 Å². The molecule has 2 aromatic rings. The van der Waals surface area contributed by atoms with Crippen molar-refractivity contribution in [3.63, 3.8) is 0 Å². The fourth-order valence-electron chi connectivity index (χ4n) is 4.32. The molecule has 150 valence electrons. The third kappa shape index (κ3) is 3.54. The van der Waals surface area contributed by atoms with Gasteiger partial charge in [-0.15, -0.1) is 0 Å². The van der Waals surface area contributed by atoms with Gasteiger partial charge in [0.2, 0.25) is 5.91 Å². The number of carbonyl (C=O) groups excluding carboxylic acids is 2. The SMILES string of the molecule is Cc1[nH]c2ccc(C(=O)N3CCC(=O)N(CC4CC4)C(C(C)C)C3)cc2c1C. The minimum absolute atomic E-state index is 0.0341. The highest BCUT2D eigenvalue weighted by molar-refractivity contribution is 5.99. The van der Waals surface area contributed by atoms with Crippen LogP contribution in [0.15, 0.2) is 18.2 Å². The van der Waals surface area contributed by atoms with E-state index in [2.05, 4.69) is 37.6 Å². The first-order valence-electron chi connectivity index (χ1n) is 10.5. The molecule has 4 rings (SSSR count). The molecule has 1 unspecified atom stereocenters. The number of carbonyl (C=O) groups is 2. The first kappa shape index (κ1) is 19.0. The highest BCUT2D eigenvalue weighted by Gasteiger charge is 2.36. The van der Waals surface area contributed by atoms with Gasteiger partial charge in [0.05, 0.1) is 6.04 Å². The van der Waals surface area contributed by atoms with E-state index in [9.17, 15) is 9.59 Å². The van der Waals surface area contributed by atoms with E-state index in [0.717, 1.165) is 23.1 Å². The van der Waals surface area contributed by atoms with Crippen molar-refractivity contribution in [1.82, 2.24) is 14.8 Å². The molecular formula is C23H31N3O2. The minimum Gasteiger partial charge on any atom is -0.358 e. The van der Waals surface area contributed by atoms with Crippen LogP contribution in [0.4, 0.5) is 0 Å². The number of fused-ring (bicyclic) bond motifs is 1. The lowest BCUT2D eigenvalue weighted by Crippen LogP contribution is -2.48. The number of rotatable bonds is 4. The summed E-state index contributed by atoms with van der Waals surface area (Å²) < 4.78 is 0. The number of nitrogens with one attached hydrogen (secondary N) is 1. The topological polar surface area (TPSA) is 56.4 Å². The Balaban J connectivity index is 1.59. The molecule has 2 fully saturated rings. The first-order chi connectivity index (χ1) is 13.3. The maximum absolute atomic E-state index is 13.3. The van der Waals surface area contributed by atoms with Crippen LogP contribution in [0.2, 0.25) is 0 Å². The summed E-state index contributed by atoms with van der Waals surface area (Å²) in [5.41, 5.74) is 4.09. The van der Waals surface area contributed by atoms with Gasteiger partial charge < -0.3 is 14.8 Å². The second-order valence-corrected chi connectivity index (χ2v) is 8.94. The average molecular weight is 382 g/mol. The third-order valence-electron chi connectivity index (χ3n) is 6.49. The van der Waals surface area contributed by atoms with Crippen LogP contribution < -0.4 is 0 Å². The largest absolute Gasteiger partial charge is 0.358 e. The molecule has 1 aliphatic carbocycles. The van der Waals surface area contributed by atoms with Crippen molar-refractivity contribution >= 4 is 22.7 Å². The van der Waals surface area contributed by atoms with Gasteiger partial charge in [0.15, 0.2) is 0 Å². The summed E-state index contributed by atoms with van der Waals surface area (Å²) in [4.78, 5) is 33.4. The molecule has 0 radical (unpaired) electrons. The Morgan fingerprint density at radius 2 is 2.00 bits per heavy atom. The highest BCUT2D eigenvalue weighted by atomic mass is 16.2. The number of aromatic nitrogens is 1. The van der Waals surface area contributed by atoms with Gasteiger partial charge >= 0.3 is 0 Å². The zero-order valence-electron chi connectivity index (χ0n) is 17.4. The maximum atomic E-state index is 13.3. The molecule has 1 aromatic heterocycles. The number of aryl methyl sites for hydroxylation is 2. The van der Waals surface area contributed by atoms with Gasteiger partial charge in [-0.25, -0.2) is 0 Å². The molecule has 2 amide bonds. The van der Waals surface area contributed by atoms with Crippen molar-refractivity contribution in [2.75, 3.05) is 19.6 Å². The summed E-state index contributed by atoms with van der Waals surface area (Å²) in [5.74, 6) is 1.23. The zero-order valence-corrected chi connectivity index (χ0v) is 17.4. The molecule has 1 atom stereocenters. The Kier molecular flexibility index (Phi) is 4.94. The number of nitrogens with zero attached hydrogens (tertiary/aromatic N) is 2. The fraction of sp³-hybridized carbons (Fsp3) is 0.565. The predicted octanol–water partition coefficient (Wildman–Crippen LogP) is 3.89. The van der Waals surface area contributed by atoms with E-state index < -0.39 is 0 Å². The van der Waals surface area contributed by atoms with Crippen LogP contribution in [0.25, 0.3) is 10.9 Å². The van der Waals surface area contributed by atoms with E-state index in [1.807, 2.05) is 23.1 Å². The number of amides is 2. The van der Waals surface area contributed by atoms with Gasteiger partial charge in [0.25, 0.3) is 5.91 Å². The van der Waals surface area contributed by atoms with Crippen molar-refractivity contribution in [1.29, 1.82) is 0 Å². The molecule has 1 saturated carbocycles. The third-order valence-corrected chi connectivity index (χ3v) is 6.49. The number of hydrogen-bond donors (Lipinski definition) is 1. The van der Waals surface area contributed by atoms with E-state index >= 15 is 0 Å². The molecule has 2 aliphatic rings. The summed E-state index contributed by atoms with van der Waals surface area (Å²) in [6.07, 6.45) is 2.88. The number of benzene rings is 1. The van der Waals surface area contributed by atoms with E-state index in [1.165, 1.54) is 18.4 Å². The molecule has 28 heavy (non-hydrogen) atoms. The summed E-state index contributed by atoms with van der Waals surface area (Å²) in [5, 5.41) is 1.10. The molecule has 1 saturated heterocycles. The molecule has 1 aliphatic heterocycles. The lowest BCUT2D eigenvalue weighted by Gasteiger charge is -2.34. The molecular weight excluding hydrogens is 350 g/mol. The fourth-order valence-corrected chi connectivity index (χ4v) is 4.32. The molecule has 0 bridgehead atoms. The second kappa shape index (κ2) is 7.26. The summed E-state index contributed by atoms with van der Waals surface area (Å²) in [6, 6.07) is 5.99. The average Bonchev–Trinajstić information content (AvgIpc) is 3.46. The Morgan fingerprint density at radius 1 is 1.25 bits per heavy atom. The molecule has 2 heterocycles. The normalized spacial score (nSPS) is 20.9. The van der Waals surface area contributed by atoms with Crippen LogP contribution in [0.5, 0.6) is 0 Å². The van der Waals surface area contributed by atoms with Crippen LogP contribution in [-0.4, -0.2) is 52.3 Å². The van der Waals surface area contributed by atoms with Gasteiger partial charge in [0, 0.05) is 48.2 Å². The summed E-state index contributed by atoms with van der Waals surface area (Å²) in [6.45, 7) is 10.4. The van der Waals surface area contributed by atoms with E-state index in [4.69, 9.17) is 0 Å². The Hall–Kier alpha value is -2.30. The van der Waals surface area contributed by atoms with Gasteiger partial charge in [-0.1, -0.05) is 13.8 Å². The van der Waals surface area contributed by atoms with Crippen LogP contribution in [0.3, 0.4) is 0 Å². The minimum atomic E-state index is 0.0341. The Bertz CT molecular complexity index is 910. The van der Waals surface area contributed by atoms with Crippen LogP contribution in [0.1, 0.15) is 54.7 Å². The quantitative estimate of drug-likeness (QED) is 0.873. The first-order valence-corrected chi connectivity index (χ1v) is 10.5. The smallest absolute Gasteiger partial charge is 0.253 e. The lowest BCUT2D eigenvalue weighted by atomic mass is 10.0. The molecule has 0 spiro atoms. The summed E-state index contributed by atoms with van der Waals surface area (Å²) in [7, 11) is 0.